The van der Waals surface area contributed by atoms with Crippen LogP contribution in [0.3, 0.4) is 0 Å². The minimum absolute atomic E-state index is 0.0229. The van der Waals surface area contributed by atoms with Gasteiger partial charge in [-0.05, 0) is 71.5 Å². The predicted molar refractivity (Wildman–Crippen MR) is 83.9 cm³/mol. The molecule has 1 atom stereocenters. The van der Waals surface area contributed by atoms with Crippen LogP contribution in [0.15, 0.2) is 48.8 Å². The molecule has 4 heteroatoms. The Kier molecular flexibility index (Phi) is 4.52. The number of hydrogen-bond acceptors (Lipinski definition) is 2. The molecule has 2 aromatic rings. The van der Waals surface area contributed by atoms with E-state index in [1.807, 2.05) is 50.4 Å². The summed E-state index contributed by atoms with van der Waals surface area (Å²) in [4.78, 5) is 18.1. The van der Waals surface area contributed by atoms with Crippen molar-refractivity contribution in [2.45, 2.75) is 13.0 Å². The van der Waals surface area contributed by atoms with Crippen molar-refractivity contribution in [1.29, 1.82) is 0 Å². The zero-order valence-corrected chi connectivity index (χ0v) is 13.0. The molecule has 1 heterocycles. The lowest BCUT2D eigenvalue weighted by atomic mass is 10.1. The van der Waals surface area contributed by atoms with Crippen LogP contribution in [-0.4, -0.2) is 22.8 Å². The van der Waals surface area contributed by atoms with E-state index in [1.165, 1.54) is 0 Å². The van der Waals surface area contributed by atoms with Gasteiger partial charge in [-0.15, -0.1) is 0 Å². The average molecular weight is 366 g/mol. The zero-order valence-electron chi connectivity index (χ0n) is 10.9. The summed E-state index contributed by atoms with van der Waals surface area (Å²) in [6.45, 7) is 2.01. The Hall–Kier alpha value is -1.43. The first-order chi connectivity index (χ1) is 9.09. The molecule has 1 amide bonds. The summed E-state index contributed by atoms with van der Waals surface area (Å²) in [5.74, 6) is 0.0284. The molecule has 0 saturated heterocycles. The van der Waals surface area contributed by atoms with Gasteiger partial charge in [0.1, 0.15) is 0 Å². The molecule has 0 N–H and O–H groups in total. The smallest absolute Gasteiger partial charge is 0.254 e. The first kappa shape index (κ1) is 14.0. The Morgan fingerprint density at radius 2 is 1.74 bits per heavy atom. The number of hydrogen-bond donors (Lipinski definition) is 0. The molecule has 1 unspecified atom stereocenters. The minimum atomic E-state index is 0.0229. The molecule has 0 fully saturated rings. The van der Waals surface area contributed by atoms with Crippen LogP contribution in [0.1, 0.15) is 28.9 Å². The fourth-order valence-corrected chi connectivity index (χ4v) is 2.20. The fraction of sp³-hybridized carbons (Fsp3) is 0.200. The van der Waals surface area contributed by atoms with Gasteiger partial charge in [0.2, 0.25) is 0 Å². The summed E-state index contributed by atoms with van der Waals surface area (Å²) in [7, 11) is 1.82. The lowest BCUT2D eigenvalue weighted by molar-refractivity contribution is 0.0742. The molecule has 1 aromatic heterocycles. The van der Waals surface area contributed by atoms with Gasteiger partial charge in [-0.25, -0.2) is 0 Å². The topological polar surface area (TPSA) is 33.2 Å². The zero-order chi connectivity index (χ0) is 13.8. The van der Waals surface area contributed by atoms with Crippen LogP contribution in [0.5, 0.6) is 0 Å². The third-order valence-corrected chi connectivity index (χ3v) is 3.90. The number of rotatable bonds is 3. The Morgan fingerprint density at radius 3 is 2.32 bits per heavy atom. The van der Waals surface area contributed by atoms with E-state index in [0.29, 0.717) is 5.56 Å². The van der Waals surface area contributed by atoms with Crippen molar-refractivity contribution in [2.75, 3.05) is 7.05 Å². The van der Waals surface area contributed by atoms with Crippen LogP contribution < -0.4 is 0 Å². The highest BCUT2D eigenvalue weighted by atomic mass is 127. The number of aromatic nitrogens is 1. The summed E-state index contributed by atoms with van der Waals surface area (Å²) >= 11 is 2.23. The number of benzene rings is 1. The first-order valence-electron chi connectivity index (χ1n) is 6.02. The molecule has 0 aliphatic rings. The molecule has 0 aliphatic carbocycles. The molecular formula is C15H15IN2O. The van der Waals surface area contributed by atoms with E-state index in [2.05, 4.69) is 27.6 Å². The second kappa shape index (κ2) is 6.14. The first-order valence-corrected chi connectivity index (χ1v) is 7.10. The molecule has 3 nitrogen and oxygen atoms in total. The molecule has 2 rings (SSSR count). The van der Waals surface area contributed by atoms with E-state index >= 15 is 0 Å². The number of carbonyl (C=O) groups excluding carboxylic acids is 1. The maximum absolute atomic E-state index is 12.4. The Labute approximate surface area is 126 Å². The summed E-state index contributed by atoms with van der Waals surface area (Å²) in [5.41, 5.74) is 1.79. The molecule has 98 valence electrons. The van der Waals surface area contributed by atoms with Gasteiger partial charge in [0.15, 0.2) is 0 Å². The molecular weight excluding hydrogens is 351 g/mol. The second-order valence-corrected chi connectivity index (χ2v) is 5.63. The quantitative estimate of drug-likeness (QED) is 0.779. The van der Waals surface area contributed by atoms with Crippen molar-refractivity contribution in [1.82, 2.24) is 9.88 Å². The van der Waals surface area contributed by atoms with Crippen LogP contribution in [0.4, 0.5) is 0 Å². The highest BCUT2D eigenvalue weighted by Gasteiger charge is 2.18. The number of amides is 1. The molecule has 0 spiro atoms. The van der Waals surface area contributed by atoms with Crippen molar-refractivity contribution in [3.63, 3.8) is 0 Å². The third kappa shape index (κ3) is 3.32. The van der Waals surface area contributed by atoms with Gasteiger partial charge in [0.25, 0.3) is 5.91 Å². The summed E-state index contributed by atoms with van der Waals surface area (Å²) in [5, 5.41) is 0. The van der Waals surface area contributed by atoms with E-state index in [0.717, 1.165) is 9.13 Å². The average Bonchev–Trinajstić information content (AvgIpc) is 2.46. The third-order valence-electron chi connectivity index (χ3n) is 3.18. The van der Waals surface area contributed by atoms with Gasteiger partial charge < -0.3 is 4.90 Å². The SMILES string of the molecule is CC(c1ccncc1)N(C)C(=O)c1ccc(I)cc1. The summed E-state index contributed by atoms with van der Waals surface area (Å²) in [6, 6.07) is 11.5. The lowest BCUT2D eigenvalue weighted by Crippen LogP contribution is -2.29. The highest BCUT2D eigenvalue weighted by molar-refractivity contribution is 14.1. The molecule has 0 saturated carbocycles. The Balaban J connectivity index is 2.17. The largest absolute Gasteiger partial charge is 0.335 e. The van der Waals surface area contributed by atoms with Crippen LogP contribution in [0.2, 0.25) is 0 Å². The summed E-state index contributed by atoms with van der Waals surface area (Å²) in [6.07, 6.45) is 3.49. The highest BCUT2D eigenvalue weighted by Crippen LogP contribution is 2.20. The Bertz CT molecular complexity index is 554. The van der Waals surface area contributed by atoms with E-state index in [-0.39, 0.29) is 11.9 Å². The van der Waals surface area contributed by atoms with Crippen LogP contribution in [0.25, 0.3) is 0 Å². The maximum Gasteiger partial charge on any atom is 0.254 e. The molecule has 0 radical (unpaired) electrons. The number of halogens is 1. The van der Waals surface area contributed by atoms with E-state index in [4.69, 9.17) is 0 Å². The standard InChI is InChI=1S/C15H15IN2O/c1-11(12-7-9-17-10-8-12)18(2)15(19)13-3-5-14(16)6-4-13/h3-11H,1-2H3. The molecule has 0 bridgehead atoms. The number of nitrogens with zero attached hydrogens (tertiary/aromatic N) is 2. The van der Waals surface area contributed by atoms with E-state index in [1.54, 1.807) is 17.3 Å². The predicted octanol–water partition coefficient (Wildman–Crippen LogP) is 3.52. The van der Waals surface area contributed by atoms with Gasteiger partial charge >= 0.3 is 0 Å². The molecule has 19 heavy (non-hydrogen) atoms. The molecule has 1 aromatic carbocycles. The summed E-state index contributed by atoms with van der Waals surface area (Å²) < 4.78 is 1.12. The van der Waals surface area contributed by atoms with Crippen LogP contribution >= 0.6 is 22.6 Å². The second-order valence-electron chi connectivity index (χ2n) is 4.38. The number of pyridine rings is 1. The number of carbonyl (C=O) groups is 1. The lowest BCUT2D eigenvalue weighted by Gasteiger charge is -2.25. The monoisotopic (exact) mass is 366 g/mol. The minimum Gasteiger partial charge on any atom is -0.335 e. The van der Waals surface area contributed by atoms with Gasteiger partial charge in [0.05, 0.1) is 6.04 Å². The van der Waals surface area contributed by atoms with E-state index in [9.17, 15) is 4.79 Å². The van der Waals surface area contributed by atoms with Crippen molar-refractivity contribution in [3.8, 4) is 0 Å². The maximum atomic E-state index is 12.4. The van der Waals surface area contributed by atoms with Crippen molar-refractivity contribution < 1.29 is 4.79 Å². The fourth-order valence-electron chi connectivity index (χ4n) is 1.84. The van der Waals surface area contributed by atoms with Crippen molar-refractivity contribution >= 4 is 28.5 Å². The van der Waals surface area contributed by atoms with Crippen LogP contribution in [-0.2, 0) is 0 Å². The van der Waals surface area contributed by atoms with Crippen molar-refractivity contribution in [3.05, 3.63) is 63.5 Å². The normalized spacial score (nSPS) is 11.9. The van der Waals surface area contributed by atoms with Gasteiger partial charge in [-0.1, -0.05) is 0 Å². The van der Waals surface area contributed by atoms with E-state index < -0.39 is 0 Å². The van der Waals surface area contributed by atoms with Crippen molar-refractivity contribution in [2.24, 2.45) is 0 Å². The molecule has 0 aliphatic heterocycles. The van der Waals surface area contributed by atoms with Gasteiger partial charge in [0, 0.05) is 28.6 Å². The Morgan fingerprint density at radius 1 is 1.16 bits per heavy atom. The van der Waals surface area contributed by atoms with Crippen LogP contribution in [0, 0.1) is 3.57 Å². The van der Waals surface area contributed by atoms with Gasteiger partial charge in [-0.3, -0.25) is 9.78 Å². The van der Waals surface area contributed by atoms with Gasteiger partial charge in [-0.2, -0.15) is 0 Å².